The molecule has 0 nitrogen and oxygen atoms in total. The molecule has 0 aliphatic carbocycles. The van der Waals surface area contributed by atoms with Crippen molar-refractivity contribution in [2.24, 2.45) is 0 Å². The zero-order chi connectivity index (χ0) is 16.5. The van der Waals surface area contributed by atoms with Crippen LogP contribution in [0.3, 0.4) is 0 Å². The van der Waals surface area contributed by atoms with E-state index in [9.17, 15) is 0 Å². The smallest absolute Gasteiger partial charge is 0.0550 e. The van der Waals surface area contributed by atoms with Crippen molar-refractivity contribution in [3.8, 4) is 0 Å². The Morgan fingerprint density at radius 1 is 0.583 bits per heavy atom. The third-order valence-electron chi connectivity index (χ3n) is 4.66. The van der Waals surface area contributed by atoms with Gasteiger partial charge in [-0.25, -0.2) is 0 Å². The first-order valence-electron chi connectivity index (χ1n) is 9.02. The Labute approximate surface area is 150 Å². The second kappa shape index (κ2) is 9.40. The van der Waals surface area contributed by atoms with Gasteiger partial charge in [0.15, 0.2) is 0 Å². The van der Waals surface area contributed by atoms with E-state index in [0.717, 1.165) is 5.16 Å². The molecular weight excluding hydrogens is 320 g/mol. The van der Waals surface area contributed by atoms with Gasteiger partial charge in [0, 0.05) is 0 Å². The number of aryl methyl sites for hydroxylation is 1. The van der Waals surface area contributed by atoms with Crippen LogP contribution in [0, 0.1) is 0 Å². The Morgan fingerprint density at radius 2 is 1.04 bits per heavy atom. The number of rotatable bonds is 8. The van der Waals surface area contributed by atoms with Crippen LogP contribution in [0.5, 0.6) is 0 Å². The third kappa shape index (κ3) is 5.62. The normalized spacial score (nSPS) is 13.0. The molecule has 0 unspecified atom stereocenters. The van der Waals surface area contributed by atoms with Crippen molar-refractivity contribution in [1.29, 1.82) is 0 Å². The van der Waals surface area contributed by atoms with Gasteiger partial charge in [-0.2, -0.15) is 0 Å². The van der Waals surface area contributed by atoms with E-state index in [4.69, 9.17) is 0 Å². The summed E-state index contributed by atoms with van der Waals surface area (Å²) in [6.45, 7) is 0. The Balaban J connectivity index is 1.60. The Hall–Kier alpha value is -1.91. The van der Waals surface area contributed by atoms with Gasteiger partial charge in [0.25, 0.3) is 0 Å². The second-order valence-electron chi connectivity index (χ2n) is 6.62. The number of hydrogen-bond donors (Lipinski definition) is 0. The maximum atomic E-state index is 2.34. The van der Waals surface area contributed by atoms with Crippen molar-refractivity contribution >= 4 is 29.4 Å². The third-order valence-corrected chi connectivity index (χ3v) is 10.2. The molecule has 0 N–H and O–H groups in total. The molecule has 3 aromatic carbocycles. The van der Waals surface area contributed by atoms with Crippen molar-refractivity contribution < 1.29 is 0 Å². The van der Waals surface area contributed by atoms with Gasteiger partial charge < -0.3 is 0 Å². The summed E-state index contributed by atoms with van der Waals surface area (Å²) in [5, 5.41) is 4.25. The molecule has 0 aliphatic rings. The fraction of sp³-hybridized carbons (Fsp3) is 0.182. The minimum Gasteiger partial charge on any atom is -0.0669 e. The maximum Gasteiger partial charge on any atom is 0.0550 e. The summed E-state index contributed by atoms with van der Waals surface area (Å²) < 4.78 is 0. The lowest BCUT2D eigenvalue weighted by Gasteiger charge is -2.16. The second-order valence-corrected chi connectivity index (χ2v) is 12.5. The predicted molar refractivity (Wildman–Crippen MR) is 112 cm³/mol. The summed E-state index contributed by atoms with van der Waals surface area (Å²) in [7, 11) is -0.359. The van der Waals surface area contributed by atoms with Gasteiger partial charge in [-0.15, -0.1) is 0 Å². The highest BCUT2D eigenvalue weighted by atomic mass is 28.3. The van der Waals surface area contributed by atoms with Gasteiger partial charge in [0.05, 0.1) is 19.0 Å². The molecule has 0 bridgehead atoms. The number of benzene rings is 3. The highest BCUT2D eigenvalue weighted by Gasteiger charge is 2.12. The lowest BCUT2D eigenvalue weighted by molar-refractivity contribution is 0.769. The van der Waals surface area contributed by atoms with E-state index < -0.39 is 0 Å². The monoisotopic (exact) mass is 346 g/mol. The van der Waals surface area contributed by atoms with Gasteiger partial charge in [0.1, 0.15) is 0 Å². The fourth-order valence-corrected chi connectivity index (χ4v) is 9.40. The molecule has 0 radical (unpaired) electrons. The predicted octanol–water partition coefficient (Wildman–Crippen LogP) is 2.74. The highest BCUT2D eigenvalue weighted by Crippen LogP contribution is 2.14. The number of hydrogen-bond acceptors (Lipinski definition) is 0. The summed E-state index contributed by atoms with van der Waals surface area (Å²) >= 11 is 0. The van der Waals surface area contributed by atoms with Gasteiger partial charge in [-0.1, -0.05) is 113 Å². The molecule has 3 aromatic rings. The fourth-order valence-electron chi connectivity index (χ4n) is 3.41. The zero-order valence-corrected chi connectivity index (χ0v) is 17.1. The standard InChI is InChI=1S/C22H26Si2/c1-4-11-19(12-5-1)13-10-18-22(23-20-14-6-2-7-15-20)24-21-16-8-3-9-17-21/h1-9,11-12,14-17,22H,10,13,18,23-24H2. The van der Waals surface area contributed by atoms with Gasteiger partial charge in [-0.3, -0.25) is 0 Å². The average Bonchev–Trinajstić information content (AvgIpc) is 2.64. The maximum absolute atomic E-state index is 2.34. The molecule has 0 aromatic heterocycles. The Kier molecular flexibility index (Phi) is 6.64. The van der Waals surface area contributed by atoms with E-state index in [1.807, 2.05) is 0 Å². The van der Waals surface area contributed by atoms with Crippen LogP contribution < -0.4 is 10.4 Å². The van der Waals surface area contributed by atoms with Gasteiger partial charge >= 0.3 is 0 Å². The average molecular weight is 347 g/mol. The lowest BCUT2D eigenvalue weighted by Crippen LogP contribution is -2.29. The minimum atomic E-state index is -0.180. The van der Waals surface area contributed by atoms with Crippen molar-refractivity contribution in [1.82, 2.24) is 0 Å². The van der Waals surface area contributed by atoms with E-state index >= 15 is 0 Å². The van der Waals surface area contributed by atoms with Crippen LogP contribution in [0.1, 0.15) is 18.4 Å². The largest absolute Gasteiger partial charge is 0.0669 e. The molecule has 2 heteroatoms. The molecule has 0 saturated heterocycles. The van der Waals surface area contributed by atoms with Crippen molar-refractivity contribution in [3.63, 3.8) is 0 Å². The quantitative estimate of drug-likeness (QED) is 0.550. The van der Waals surface area contributed by atoms with Crippen molar-refractivity contribution in [3.05, 3.63) is 96.6 Å². The van der Waals surface area contributed by atoms with Crippen LogP contribution in [0.15, 0.2) is 91.0 Å². The molecule has 3 rings (SSSR count). The summed E-state index contributed by atoms with van der Waals surface area (Å²) in [4.78, 5) is 0. The molecule has 0 spiro atoms. The van der Waals surface area contributed by atoms with Crippen LogP contribution in [0.25, 0.3) is 0 Å². The highest BCUT2D eigenvalue weighted by molar-refractivity contribution is 6.73. The molecule has 0 saturated carbocycles. The van der Waals surface area contributed by atoms with Crippen molar-refractivity contribution in [2.45, 2.75) is 24.4 Å². The summed E-state index contributed by atoms with van der Waals surface area (Å²) in [5.74, 6) is 0. The van der Waals surface area contributed by atoms with E-state index in [-0.39, 0.29) is 19.0 Å². The summed E-state index contributed by atoms with van der Waals surface area (Å²) in [5.41, 5.74) is 1.49. The topological polar surface area (TPSA) is 0 Å². The summed E-state index contributed by atoms with van der Waals surface area (Å²) in [6.07, 6.45) is 3.95. The molecule has 0 amide bonds. The first-order chi connectivity index (χ1) is 11.9. The first-order valence-corrected chi connectivity index (χ1v) is 12.1. The molecule has 0 fully saturated rings. The zero-order valence-electron chi connectivity index (χ0n) is 14.3. The lowest BCUT2D eigenvalue weighted by atomic mass is 10.1. The Bertz CT molecular complexity index is 654. The molecule has 0 heterocycles. The first kappa shape index (κ1) is 16.9. The SMILES string of the molecule is c1ccc(CCCC([SiH2]c2ccccc2)[SiH2]c2ccccc2)cc1. The van der Waals surface area contributed by atoms with Crippen LogP contribution in [-0.4, -0.2) is 19.0 Å². The van der Waals surface area contributed by atoms with Gasteiger partial charge in [-0.05, 0) is 18.4 Å². The van der Waals surface area contributed by atoms with Crippen molar-refractivity contribution in [2.75, 3.05) is 0 Å². The molecule has 0 atom stereocenters. The van der Waals surface area contributed by atoms with Crippen LogP contribution in [0.2, 0.25) is 5.16 Å². The van der Waals surface area contributed by atoms with Crippen LogP contribution in [0.4, 0.5) is 0 Å². The molecule has 0 aliphatic heterocycles. The minimum absolute atomic E-state index is 0.180. The molecule has 24 heavy (non-hydrogen) atoms. The molecule has 122 valence electrons. The van der Waals surface area contributed by atoms with Gasteiger partial charge in [0.2, 0.25) is 0 Å². The van der Waals surface area contributed by atoms with E-state index in [2.05, 4.69) is 91.0 Å². The van der Waals surface area contributed by atoms with E-state index in [1.54, 1.807) is 10.4 Å². The molecular formula is C22H26Si2. The van der Waals surface area contributed by atoms with E-state index in [1.165, 1.54) is 24.8 Å². The Morgan fingerprint density at radius 3 is 1.54 bits per heavy atom. The summed E-state index contributed by atoms with van der Waals surface area (Å²) in [6, 6.07) is 33.4. The van der Waals surface area contributed by atoms with Crippen LogP contribution >= 0.6 is 0 Å². The van der Waals surface area contributed by atoms with Crippen LogP contribution in [-0.2, 0) is 6.42 Å². The van der Waals surface area contributed by atoms with E-state index in [0.29, 0.717) is 0 Å².